The van der Waals surface area contributed by atoms with Crippen LogP contribution in [0.25, 0.3) is 0 Å². The largest absolute Gasteiger partial charge is 0.288 e. The van der Waals surface area contributed by atoms with Crippen LogP contribution < -0.4 is 11.0 Å². The number of H-pyrrole nitrogens is 1. The van der Waals surface area contributed by atoms with Crippen molar-refractivity contribution in [3.63, 3.8) is 0 Å². The molecule has 6 heteroatoms. The molecule has 0 unspecified atom stereocenters. The maximum Gasteiger partial charge on any atom is 0.274 e. The summed E-state index contributed by atoms with van der Waals surface area (Å²) < 4.78 is 0. The lowest BCUT2D eigenvalue weighted by Gasteiger charge is -2.50. The van der Waals surface area contributed by atoms with Gasteiger partial charge in [-0.05, 0) is 62.7 Å². The fourth-order valence-corrected chi connectivity index (χ4v) is 4.41. The topological polar surface area (TPSA) is 83.0 Å². The first-order valence-corrected chi connectivity index (χ1v) is 7.46. The zero-order chi connectivity index (χ0) is 13.7. The van der Waals surface area contributed by atoms with Crippen molar-refractivity contribution in [3.8, 4) is 0 Å². The van der Waals surface area contributed by atoms with E-state index in [0.29, 0.717) is 23.5 Å². The molecule has 0 amide bonds. The van der Waals surface area contributed by atoms with Crippen molar-refractivity contribution in [1.82, 2.24) is 15.2 Å². The van der Waals surface area contributed by atoms with Crippen LogP contribution in [-0.2, 0) is 0 Å². The van der Waals surface area contributed by atoms with Crippen LogP contribution in [0.3, 0.4) is 0 Å². The SMILES string of the molecule is Cc1nnc(NN=C2C3CC4CC(C3)CC2C4)[nH]c1=O. The average molecular weight is 273 g/mol. The summed E-state index contributed by atoms with van der Waals surface area (Å²) >= 11 is 0. The second-order valence-corrected chi connectivity index (χ2v) is 6.54. The highest BCUT2D eigenvalue weighted by Crippen LogP contribution is 2.52. The lowest BCUT2D eigenvalue weighted by Crippen LogP contribution is -2.45. The van der Waals surface area contributed by atoms with E-state index >= 15 is 0 Å². The number of aromatic nitrogens is 3. The number of nitrogens with one attached hydrogen (secondary N) is 2. The van der Waals surface area contributed by atoms with Gasteiger partial charge in [-0.2, -0.15) is 5.10 Å². The van der Waals surface area contributed by atoms with Crippen molar-refractivity contribution in [1.29, 1.82) is 0 Å². The van der Waals surface area contributed by atoms with E-state index in [1.54, 1.807) is 6.92 Å². The van der Waals surface area contributed by atoms with Crippen LogP contribution in [0, 0.1) is 30.6 Å². The quantitative estimate of drug-likeness (QED) is 0.803. The molecule has 0 aromatic carbocycles. The van der Waals surface area contributed by atoms with Gasteiger partial charge in [-0.25, -0.2) is 5.43 Å². The number of aryl methyl sites for hydroxylation is 1. The molecule has 0 aliphatic heterocycles. The Kier molecular flexibility index (Phi) is 2.65. The van der Waals surface area contributed by atoms with Crippen molar-refractivity contribution in [3.05, 3.63) is 16.0 Å². The Morgan fingerprint density at radius 2 is 1.75 bits per heavy atom. The van der Waals surface area contributed by atoms with Crippen LogP contribution in [0.1, 0.15) is 37.8 Å². The van der Waals surface area contributed by atoms with Crippen LogP contribution >= 0.6 is 0 Å². The van der Waals surface area contributed by atoms with Crippen molar-refractivity contribution < 1.29 is 0 Å². The number of aromatic amines is 1. The Labute approximate surface area is 117 Å². The molecule has 0 radical (unpaired) electrons. The molecule has 20 heavy (non-hydrogen) atoms. The maximum atomic E-state index is 11.5. The third-order valence-electron chi connectivity index (χ3n) is 5.13. The van der Waals surface area contributed by atoms with E-state index in [1.807, 2.05) is 0 Å². The van der Waals surface area contributed by atoms with Gasteiger partial charge in [-0.1, -0.05) is 0 Å². The lowest BCUT2D eigenvalue weighted by molar-refractivity contribution is 0.108. The van der Waals surface area contributed by atoms with Crippen molar-refractivity contribution in [2.75, 3.05) is 5.43 Å². The van der Waals surface area contributed by atoms with Gasteiger partial charge in [0.1, 0.15) is 5.69 Å². The number of hydrazone groups is 1. The average Bonchev–Trinajstić information content (AvgIpc) is 2.41. The van der Waals surface area contributed by atoms with Gasteiger partial charge in [0.25, 0.3) is 5.56 Å². The number of anilines is 1. The van der Waals surface area contributed by atoms with E-state index in [-0.39, 0.29) is 5.56 Å². The second kappa shape index (κ2) is 4.40. The van der Waals surface area contributed by atoms with Crippen LogP contribution in [0.5, 0.6) is 0 Å². The fourth-order valence-electron chi connectivity index (χ4n) is 4.41. The van der Waals surface area contributed by atoms with E-state index in [9.17, 15) is 4.79 Å². The Bertz CT molecular complexity index is 590. The van der Waals surface area contributed by atoms with E-state index in [0.717, 1.165) is 11.8 Å². The van der Waals surface area contributed by atoms with Gasteiger partial charge in [-0.3, -0.25) is 9.78 Å². The first-order chi connectivity index (χ1) is 9.69. The molecule has 4 aliphatic carbocycles. The van der Waals surface area contributed by atoms with Gasteiger partial charge in [0.05, 0.1) is 0 Å². The lowest BCUT2D eigenvalue weighted by atomic mass is 9.55. The van der Waals surface area contributed by atoms with Gasteiger partial charge in [0, 0.05) is 5.71 Å². The molecule has 1 heterocycles. The molecular formula is C14H19N5O. The Morgan fingerprint density at radius 1 is 1.10 bits per heavy atom. The fraction of sp³-hybridized carbons (Fsp3) is 0.714. The van der Waals surface area contributed by atoms with Crippen LogP contribution in [0.2, 0.25) is 0 Å². The van der Waals surface area contributed by atoms with Crippen molar-refractivity contribution in [2.24, 2.45) is 28.8 Å². The molecule has 1 aromatic rings. The first-order valence-electron chi connectivity index (χ1n) is 7.46. The molecule has 5 rings (SSSR count). The summed E-state index contributed by atoms with van der Waals surface area (Å²) in [4.78, 5) is 14.1. The third kappa shape index (κ3) is 1.94. The second-order valence-electron chi connectivity index (χ2n) is 6.54. The summed E-state index contributed by atoms with van der Waals surface area (Å²) in [5.41, 5.74) is 4.35. The van der Waals surface area contributed by atoms with Crippen molar-refractivity contribution >= 4 is 11.7 Å². The monoisotopic (exact) mass is 273 g/mol. The van der Waals surface area contributed by atoms with E-state index in [1.165, 1.54) is 37.8 Å². The first kappa shape index (κ1) is 12.1. The Hall–Kier alpha value is -1.72. The molecule has 4 fully saturated rings. The van der Waals surface area contributed by atoms with Gasteiger partial charge in [0.2, 0.25) is 5.95 Å². The predicted molar refractivity (Wildman–Crippen MR) is 75.5 cm³/mol. The molecule has 0 atom stereocenters. The standard InChI is InChI=1S/C14H19N5O/c1-7-13(20)15-14(18-16-7)19-17-12-10-3-8-2-9(5-10)6-11(12)4-8/h8-11H,2-6H2,1H3,(H2,15,18,19,20). The molecule has 4 saturated carbocycles. The van der Waals surface area contributed by atoms with Crippen LogP contribution in [0.15, 0.2) is 9.90 Å². The smallest absolute Gasteiger partial charge is 0.274 e. The minimum absolute atomic E-state index is 0.215. The molecule has 4 bridgehead atoms. The summed E-state index contributed by atoms with van der Waals surface area (Å²) in [6.45, 7) is 1.64. The minimum atomic E-state index is -0.215. The summed E-state index contributed by atoms with van der Waals surface area (Å²) in [6, 6.07) is 0. The molecule has 1 aromatic heterocycles. The highest BCUT2D eigenvalue weighted by atomic mass is 16.1. The normalized spacial score (nSPS) is 34.4. The molecule has 6 nitrogen and oxygen atoms in total. The molecule has 0 saturated heterocycles. The minimum Gasteiger partial charge on any atom is -0.288 e. The summed E-state index contributed by atoms with van der Waals surface area (Å²) in [7, 11) is 0. The number of hydrogen-bond acceptors (Lipinski definition) is 5. The predicted octanol–water partition coefficient (Wildman–Crippen LogP) is 1.70. The van der Waals surface area contributed by atoms with Crippen LogP contribution in [0.4, 0.5) is 5.95 Å². The number of rotatable bonds is 2. The highest BCUT2D eigenvalue weighted by molar-refractivity contribution is 5.91. The van der Waals surface area contributed by atoms with Gasteiger partial charge >= 0.3 is 0 Å². The van der Waals surface area contributed by atoms with E-state index in [4.69, 9.17) is 0 Å². The van der Waals surface area contributed by atoms with E-state index < -0.39 is 0 Å². The van der Waals surface area contributed by atoms with Gasteiger partial charge in [-0.15, -0.1) is 10.2 Å². The van der Waals surface area contributed by atoms with Crippen LogP contribution in [-0.4, -0.2) is 20.9 Å². The highest BCUT2D eigenvalue weighted by Gasteiger charge is 2.46. The van der Waals surface area contributed by atoms with E-state index in [2.05, 4.69) is 25.7 Å². The van der Waals surface area contributed by atoms with Crippen molar-refractivity contribution in [2.45, 2.75) is 39.0 Å². The Balaban J connectivity index is 1.55. The summed E-state index contributed by atoms with van der Waals surface area (Å²) in [5.74, 6) is 3.47. The molecule has 106 valence electrons. The molecule has 0 spiro atoms. The summed E-state index contributed by atoms with van der Waals surface area (Å²) in [6.07, 6.45) is 6.62. The Morgan fingerprint density at radius 3 is 2.35 bits per heavy atom. The molecule has 2 N–H and O–H groups in total. The number of nitrogens with zero attached hydrogens (tertiary/aromatic N) is 3. The van der Waals surface area contributed by atoms with Gasteiger partial charge < -0.3 is 0 Å². The maximum absolute atomic E-state index is 11.5. The number of hydrogen-bond donors (Lipinski definition) is 2. The van der Waals surface area contributed by atoms with Gasteiger partial charge in [0.15, 0.2) is 0 Å². The third-order valence-corrected chi connectivity index (χ3v) is 5.13. The zero-order valence-corrected chi connectivity index (χ0v) is 11.6. The molecular weight excluding hydrogens is 254 g/mol. The molecule has 4 aliphatic rings. The zero-order valence-electron chi connectivity index (χ0n) is 11.6. The summed E-state index contributed by atoms with van der Waals surface area (Å²) in [5, 5.41) is 12.3.